The molecular formula is C15H15F2NO3. The standard InChI is InChI=1S/C15H15F2NO3/c16-11-4-1-3-8(12(11)17)9-7-10(9)13(19)18-15(14(20)21)5-2-6-15/h1,3-4,9-10H,2,5-7H2,(H,18,19)(H,20,21). The summed E-state index contributed by atoms with van der Waals surface area (Å²) in [6, 6.07) is 3.91. The second-order valence-electron chi connectivity index (χ2n) is 5.82. The summed E-state index contributed by atoms with van der Waals surface area (Å²) in [6.07, 6.45) is 2.01. The molecule has 0 radical (unpaired) electrons. The Bertz CT molecular complexity index is 613. The van der Waals surface area contributed by atoms with E-state index in [1.165, 1.54) is 12.1 Å². The van der Waals surface area contributed by atoms with Crippen molar-refractivity contribution in [2.75, 3.05) is 0 Å². The third-order valence-corrected chi connectivity index (χ3v) is 4.49. The molecule has 1 aromatic rings. The first kappa shape index (κ1) is 14.0. The lowest BCUT2D eigenvalue weighted by molar-refractivity contribution is -0.152. The van der Waals surface area contributed by atoms with Crippen LogP contribution in [0.1, 0.15) is 37.2 Å². The Morgan fingerprint density at radius 3 is 2.57 bits per heavy atom. The number of amides is 1. The minimum atomic E-state index is -1.16. The number of benzene rings is 1. The van der Waals surface area contributed by atoms with Gasteiger partial charge in [0.15, 0.2) is 11.6 Å². The molecule has 2 fully saturated rings. The fourth-order valence-corrected chi connectivity index (χ4v) is 2.89. The third-order valence-electron chi connectivity index (χ3n) is 4.49. The highest BCUT2D eigenvalue weighted by molar-refractivity contribution is 5.90. The molecule has 1 aromatic carbocycles. The van der Waals surface area contributed by atoms with Crippen LogP contribution < -0.4 is 5.32 Å². The van der Waals surface area contributed by atoms with E-state index in [-0.39, 0.29) is 17.4 Å². The SMILES string of the molecule is O=C(NC1(C(=O)O)CCC1)C1CC1c1cccc(F)c1F. The lowest BCUT2D eigenvalue weighted by atomic mass is 9.76. The second kappa shape index (κ2) is 4.79. The Labute approximate surface area is 120 Å². The highest BCUT2D eigenvalue weighted by Gasteiger charge is 2.51. The van der Waals surface area contributed by atoms with E-state index in [0.717, 1.165) is 12.5 Å². The Morgan fingerprint density at radius 2 is 2.00 bits per heavy atom. The highest BCUT2D eigenvalue weighted by Crippen LogP contribution is 2.49. The van der Waals surface area contributed by atoms with E-state index in [1.54, 1.807) is 0 Å². The van der Waals surface area contributed by atoms with Crippen LogP contribution in [0.4, 0.5) is 8.78 Å². The molecule has 2 atom stereocenters. The molecule has 112 valence electrons. The molecule has 0 heterocycles. The lowest BCUT2D eigenvalue weighted by Gasteiger charge is -2.38. The van der Waals surface area contributed by atoms with Crippen molar-refractivity contribution in [3.63, 3.8) is 0 Å². The Morgan fingerprint density at radius 1 is 1.29 bits per heavy atom. The molecule has 2 aliphatic rings. The molecule has 0 saturated heterocycles. The van der Waals surface area contributed by atoms with Gasteiger partial charge in [-0.15, -0.1) is 0 Å². The Hall–Kier alpha value is -1.98. The fourth-order valence-electron chi connectivity index (χ4n) is 2.89. The predicted octanol–water partition coefficient (Wildman–Crippen LogP) is 2.19. The largest absolute Gasteiger partial charge is 0.480 e. The molecule has 0 spiro atoms. The van der Waals surface area contributed by atoms with Crippen LogP contribution in [0.3, 0.4) is 0 Å². The number of hydrogen-bond acceptors (Lipinski definition) is 2. The molecule has 0 aromatic heterocycles. The number of halogens is 2. The van der Waals surface area contributed by atoms with Gasteiger partial charge in [0.1, 0.15) is 5.54 Å². The van der Waals surface area contributed by atoms with Crippen molar-refractivity contribution in [1.82, 2.24) is 5.32 Å². The topological polar surface area (TPSA) is 66.4 Å². The Kier molecular flexibility index (Phi) is 3.19. The van der Waals surface area contributed by atoms with E-state index in [0.29, 0.717) is 19.3 Å². The number of aliphatic carboxylic acids is 1. The summed E-state index contributed by atoms with van der Waals surface area (Å²) in [4.78, 5) is 23.3. The number of rotatable bonds is 4. The molecule has 0 bridgehead atoms. The zero-order valence-corrected chi connectivity index (χ0v) is 11.2. The molecular weight excluding hydrogens is 280 g/mol. The van der Waals surface area contributed by atoms with Crippen LogP contribution in [0.15, 0.2) is 18.2 Å². The van der Waals surface area contributed by atoms with Gasteiger partial charge in [-0.05, 0) is 43.2 Å². The molecule has 0 aliphatic heterocycles. The van der Waals surface area contributed by atoms with E-state index in [1.807, 2.05) is 0 Å². The summed E-state index contributed by atoms with van der Waals surface area (Å²) < 4.78 is 26.9. The van der Waals surface area contributed by atoms with Crippen molar-refractivity contribution in [2.45, 2.75) is 37.1 Å². The van der Waals surface area contributed by atoms with Crippen molar-refractivity contribution >= 4 is 11.9 Å². The molecule has 6 heteroatoms. The molecule has 2 N–H and O–H groups in total. The van der Waals surface area contributed by atoms with E-state index in [4.69, 9.17) is 0 Å². The average molecular weight is 295 g/mol. The van der Waals surface area contributed by atoms with Crippen LogP contribution >= 0.6 is 0 Å². The van der Waals surface area contributed by atoms with Crippen molar-refractivity contribution < 1.29 is 23.5 Å². The first-order valence-corrected chi connectivity index (χ1v) is 6.94. The van der Waals surface area contributed by atoms with Gasteiger partial charge in [0.25, 0.3) is 0 Å². The number of carbonyl (C=O) groups is 2. The van der Waals surface area contributed by atoms with Gasteiger partial charge in [0.2, 0.25) is 5.91 Å². The first-order valence-electron chi connectivity index (χ1n) is 6.94. The summed E-state index contributed by atoms with van der Waals surface area (Å²) in [5.41, 5.74) is -0.974. The maximum Gasteiger partial charge on any atom is 0.329 e. The minimum Gasteiger partial charge on any atom is -0.480 e. The lowest BCUT2D eigenvalue weighted by Crippen LogP contribution is -2.59. The number of carbonyl (C=O) groups excluding carboxylic acids is 1. The summed E-state index contributed by atoms with van der Waals surface area (Å²) in [5.74, 6) is -4.11. The smallest absolute Gasteiger partial charge is 0.329 e. The number of nitrogens with one attached hydrogen (secondary N) is 1. The monoisotopic (exact) mass is 295 g/mol. The zero-order chi connectivity index (χ0) is 15.2. The first-order chi connectivity index (χ1) is 9.94. The number of hydrogen-bond donors (Lipinski definition) is 2. The van der Waals surface area contributed by atoms with Crippen LogP contribution in [0.2, 0.25) is 0 Å². The van der Waals surface area contributed by atoms with Crippen molar-refractivity contribution in [1.29, 1.82) is 0 Å². The number of carboxylic acid groups (broad SMARTS) is 1. The third kappa shape index (κ3) is 2.28. The van der Waals surface area contributed by atoms with E-state index in [2.05, 4.69) is 5.32 Å². The van der Waals surface area contributed by atoms with E-state index in [9.17, 15) is 23.5 Å². The van der Waals surface area contributed by atoms with Gasteiger partial charge in [0, 0.05) is 5.92 Å². The zero-order valence-electron chi connectivity index (χ0n) is 11.2. The van der Waals surface area contributed by atoms with Crippen LogP contribution in [-0.2, 0) is 9.59 Å². The van der Waals surface area contributed by atoms with Crippen molar-refractivity contribution in [3.05, 3.63) is 35.4 Å². The summed E-state index contributed by atoms with van der Waals surface area (Å²) in [5, 5.41) is 11.7. The second-order valence-corrected chi connectivity index (χ2v) is 5.82. The molecule has 2 aliphatic carbocycles. The van der Waals surface area contributed by atoms with Gasteiger partial charge in [-0.25, -0.2) is 13.6 Å². The van der Waals surface area contributed by atoms with E-state index >= 15 is 0 Å². The molecule has 1 amide bonds. The summed E-state index contributed by atoms with van der Waals surface area (Å²) in [7, 11) is 0. The molecule has 4 nitrogen and oxygen atoms in total. The van der Waals surface area contributed by atoms with Crippen molar-refractivity contribution in [2.24, 2.45) is 5.92 Å². The molecule has 2 saturated carbocycles. The number of carboxylic acids is 1. The van der Waals surface area contributed by atoms with Gasteiger partial charge in [-0.1, -0.05) is 12.1 Å². The van der Waals surface area contributed by atoms with Gasteiger partial charge in [-0.3, -0.25) is 4.79 Å². The maximum atomic E-state index is 13.7. The van der Waals surface area contributed by atoms with Crippen LogP contribution in [0.25, 0.3) is 0 Å². The predicted molar refractivity (Wildman–Crippen MR) is 69.6 cm³/mol. The molecule has 3 rings (SSSR count). The Balaban J connectivity index is 1.69. The van der Waals surface area contributed by atoms with Gasteiger partial charge in [-0.2, -0.15) is 0 Å². The summed E-state index contributed by atoms with van der Waals surface area (Å²) in [6.45, 7) is 0. The van der Waals surface area contributed by atoms with Gasteiger partial charge >= 0.3 is 5.97 Å². The quantitative estimate of drug-likeness (QED) is 0.895. The molecule has 21 heavy (non-hydrogen) atoms. The average Bonchev–Trinajstić information content (AvgIpc) is 3.16. The van der Waals surface area contributed by atoms with Crippen LogP contribution in [-0.4, -0.2) is 22.5 Å². The van der Waals surface area contributed by atoms with Crippen LogP contribution in [0.5, 0.6) is 0 Å². The minimum absolute atomic E-state index is 0.188. The van der Waals surface area contributed by atoms with Crippen LogP contribution in [0, 0.1) is 17.6 Å². The van der Waals surface area contributed by atoms with E-state index < -0.39 is 29.1 Å². The fraction of sp³-hybridized carbons (Fsp3) is 0.467. The van der Waals surface area contributed by atoms with Crippen molar-refractivity contribution in [3.8, 4) is 0 Å². The van der Waals surface area contributed by atoms with Gasteiger partial charge in [0.05, 0.1) is 0 Å². The normalized spacial score (nSPS) is 25.8. The highest BCUT2D eigenvalue weighted by atomic mass is 19.2. The molecule has 2 unspecified atom stereocenters. The van der Waals surface area contributed by atoms with Gasteiger partial charge < -0.3 is 10.4 Å². The summed E-state index contributed by atoms with van der Waals surface area (Å²) >= 11 is 0. The maximum absolute atomic E-state index is 13.7.